The molecule has 1 aromatic rings. The average Bonchev–Trinajstić information content (AvgIpc) is 3.15. The predicted molar refractivity (Wildman–Crippen MR) is 68.6 cm³/mol. The number of aromatic nitrogens is 1. The molecule has 0 aromatic carbocycles. The molecule has 1 heterocycles. The first-order valence-electron chi connectivity index (χ1n) is 5.56. The topological polar surface area (TPSA) is 39.2 Å². The van der Waals surface area contributed by atoms with Crippen molar-refractivity contribution in [1.82, 2.24) is 4.98 Å². The molecule has 1 aliphatic carbocycles. The number of nitrogens with zero attached hydrogens (tertiary/aromatic N) is 1. The van der Waals surface area contributed by atoms with E-state index in [2.05, 4.69) is 9.72 Å². The summed E-state index contributed by atoms with van der Waals surface area (Å²) in [6.45, 7) is 0. The van der Waals surface area contributed by atoms with E-state index in [0.717, 1.165) is 15.6 Å². The number of methoxy groups -OCH3 is 1. The zero-order valence-corrected chi connectivity index (χ0v) is 11.2. The van der Waals surface area contributed by atoms with E-state index in [1.54, 1.807) is 18.0 Å². The van der Waals surface area contributed by atoms with Gasteiger partial charge in [-0.1, -0.05) is 11.6 Å². The van der Waals surface area contributed by atoms with Crippen molar-refractivity contribution in [2.24, 2.45) is 0 Å². The minimum atomic E-state index is -0.190. The number of carbonyl (C=O) groups is 1. The molecule has 5 heteroatoms. The van der Waals surface area contributed by atoms with Gasteiger partial charge in [0.1, 0.15) is 0 Å². The van der Waals surface area contributed by atoms with Gasteiger partial charge in [0.2, 0.25) is 0 Å². The second kappa shape index (κ2) is 5.74. The molecule has 1 fully saturated rings. The van der Waals surface area contributed by atoms with Crippen molar-refractivity contribution >= 4 is 29.3 Å². The predicted octanol–water partition coefficient (Wildman–Crippen LogP) is 3.27. The van der Waals surface area contributed by atoms with Crippen molar-refractivity contribution in [3.05, 3.63) is 23.0 Å². The van der Waals surface area contributed by atoms with Crippen molar-refractivity contribution in [1.29, 1.82) is 0 Å². The van der Waals surface area contributed by atoms with Crippen LogP contribution in [0, 0.1) is 0 Å². The Labute approximate surface area is 110 Å². The standard InChI is InChI=1S/C12H14ClNO2S/c1-16-10(15)5-7-17-9-4-6-14-12(11(9)13)8-2-3-8/h4,6,8H,2-3,5,7H2,1H3. The summed E-state index contributed by atoms with van der Waals surface area (Å²) in [4.78, 5) is 16.3. The van der Waals surface area contributed by atoms with E-state index in [9.17, 15) is 4.79 Å². The van der Waals surface area contributed by atoms with E-state index in [1.807, 2.05) is 6.07 Å². The Kier molecular flexibility index (Phi) is 4.29. The molecular formula is C12H14ClNO2S. The van der Waals surface area contributed by atoms with E-state index in [1.165, 1.54) is 20.0 Å². The Morgan fingerprint density at radius 1 is 1.65 bits per heavy atom. The highest BCUT2D eigenvalue weighted by molar-refractivity contribution is 7.99. The van der Waals surface area contributed by atoms with Crippen LogP contribution in [-0.2, 0) is 9.53 Å². The molecule has 0 unspecified atom stereocenters. The molecule has 0 aliphatic heterocycles. The van der Waals surface area contributed by atoms with Gasteiger partial charge >= 0.3 is 5.97 Å². The third kappa shape index (κ3) is 3.36. The maximum atomic E-state index is 11.0. The Morgan fingerprint density at radius 2 is 2.41 bits per heavy atom. The smallest absolute Gasteiger partial charge is 0.306 e. The molecule has 0 N–H and O–H groups in total. The lowest BCUT2D eigenvalue weighted by atomic mass is 10.2. The highest BCUT2D eigenvalue weighted by Gasteiger charge is 2.28. The lowest BCUT2D eigenvalue weighted by Gasteiger charge is -2.07. The molecule has 0 amide bonds. The van der Waals surface area contributed by atoms with Crippen molar-refractivity contribution < 1.29 is 9.53 Å². The van der Waals surface area contributed by atoms with E-state index in [-0.39, 0.29) is 5.97 Å². The molecule has 17 heavy (non-hydrogen) atoms. The van der Waals surface area contributed by atoms with Crippen LogP contribution in [0.4, 0.5) is 0 Å². The average molecular weight is 272 g/mol. The van der Waals surface area contributed by atoms with E-state index < -0.39 is 0 Å². The maximum absolute atomic E-state index is 11.0. The Morgan fingerprint density at radius 3 is 3.06 bits per heavy atom. The third-order valence-corrected chi connectivity index (χ3v) is 4.20. The Bertz CT molecular complexity index is 421. The van der Waals surface area contributed by atoms with Gasteiger partial charge in [0.05, 0.1) is 24.2 Å². The quantitative estimate of drug-likeness (QED) is 0.609. The number of carbonyl (C=O) groups excluding carboxylic acids is 1. The Hall–Kier alpha value is -0.740. The zero-order valence-electron chi connectivity index (χ0n) is 9.61. The maximum Gasteiger partial charge on any atom is 0.306 e. The van der Waals surface area contributed by atoms with Gasteiger partial charge < -0.3 is 4.74 Å². The molecule has 0 spiro atoms. The SMILES string of the molecule is COC(=O)CCSc1ccnc(C2CC2)c1Cl. The third-order valence-electron chi connectivity index (χ3n) is 2.64. The van der Waals surface area contributed by atoms with Crippen molar-refractivity contribution in [3.63, 3.8) is 0 Å². The number of ether oxygens (including phenoxy) is 1. The van der Waals surface area contributed by atoms with E-state index in [4.69, 9.17) is 11.6 Å². The molecule has 1 aromatic heterocycles. The van der Waals surface area contributed by atoms with Crippen molar-refractivity contribution in [3.8, 4) is 0 Å². The molecule has 3 nitrogen and oxygen atoms in total. The highest BCUT2D eigenvalue weighted by atomic mass is 35.5. The van der Waals surface area contributed by atoms with Crippen LogP contribution in [0.15, 0.2) is 17.2 Å². The lowest BCUT2D eigenvalue weighted by molar-refractivity contribution is -0.140. The van der Waals surface area contributed by atoms with Gasteiger partial charge in [-0.2, -0.15) is 0 Å². The summed E-state index contributed by atoms with van der Waals surface area (Å²) in [6.07, 6.45) is 4.56. The minimum absolute atomic E-state index is 0.190. The Balaban J connectivity index is 1.96. The van der Waals surface area contributed by atoms with Crippen LogP contribution in [-0.4, -0.2) is 23.8 Å². The fraction of sp³-hybridized carbons (Fsp3) is 0.500. The first-order valence-corrected chi connectivity index (χ1v) is 6.92. The number of rotatable bonds is 5. The normalized spacial score (nSPS) is 14.7. The molecular weight excluding hydrogens is 258 g/mol. The second-order valence-electron chi connectivity index (χ2n) is 3.96. The number of esters is 1. The minimum Gasteiger partial charge on any atom is -0.469 e. The van der Waals surface area contributed by atoms with Crippen LogP contribution >= 0.6 is 23.4 Å². The van der Waals surface area contributed by atoms with Crippen LogP contribution in [0.2, 0.25) is 5.02 Å². The highest BCUT2D eigenvalue weighted by Crippen LogP contribution is 2.44. The molecule has 0 atom stereocenters. The summed E-state index contributed by atoms with van der Waals surface area (Å²) < 4.78 is 4.59. The number of thioether (sulfide) groups is 1. The molecule has 1 aliphatic rings. The fourth-order valence-electron chi connectivity index (χ4n) is 1.54. The van der Waals surface area contributed by atoms with Crippen LogP contribution in [0.1, 0.15) is 30.9 Å². The van der Waals surface area contributed by atoms with Gasteiger partial charge in [-0.05, 0) is 18.9 Å². The second-order valence-corrected chi connectivity index (χ2v) is 5.47. The van der Waals surface area contributed by atoms with E-state index >= 15 is 0 Å². The summed E-state index contributed by atoms with van der Waals surface area (Å²) in [5.41, 5.74) is 1.01. The van der Waals surface area contributed by atoms with Crippen LogP contribution in [0.5, 0.6) is 0 Å². The van der Waals surface area contributed by atoms with Crippen molar-refractivity contribution in [2.75, 3.05) is 12.9 Å². The van der Waals surface area contributed by atoms with Crippen LogP contribution in [0.3, 0.4) is 0 Å². The lowest BCUT2D eigenvalue weighted by Crippen LogP contribution is -2.01. The van der Waals surface area contributed by atoms with E-state index in [0.29, 0.717) is 18.1 Å². The molecule has 92 valence electrons. The molecule has 0 saturated heterocycles. The summed E-state index contributed by atoms with van der Waals surface area (Å²) in [5.74, 6) is 1.04. The molecule has 0 radical (unpaired) electrons. The number of hydrogen-bond acceptors (Lipinski definition) is 4. The van der Waals surface area contributed by atoms with Gasteiger partial charge in [-0.25, -0.2) is 0 Å². The number of pyridine rings is 1. The van der Waals surface area contributed by atoms with Gasteiger partial charge in [0.25, 0.3) is 0 Å². The fourth-order valence-corrected chi connectivity index (χ4v) is 2.85. The summed E-state index contributed by atoms with van der Waals surface area (Å²) in [6, 6.07) is 1.90. The van der Waals surface area contributed by atoms with Crippen LogP contribution in [0.25, 0.3) is 0 Å². The summed E-state index contributed by atoms with van der Waals surface area (Å²) >= 11 is 7.87. The zero-order chi connectivity index (χ0) is 12.3. The van der Waals surface area contributed by atoms with Gasteiger partial charge in [-0.15, -0.1) is 11.8 Å². The number of hydrogen-bond donors (Lipinski definition) is 0. The summed E-state index contributed by atoms with van der Waals surface area (Å²) in [7, 11) is 1.40. The van der Waals surface area contributed by atoms with Crippen molar-refractivity contribution in [2.45, 2.75) is 30.1 Å². The first-order chi connectivity index (χ1) is 8.22. The largest absolute Gasteiger partial charge is 0.469 e. The van der Waals surface area contributed by atoms with Gasteiger partial charge in [-0.3, -0.25) is 9.78 Å². The van der Waals surface area contributed by atoms with Gasteiger partial charge in [0, 0.05) is 22.8 Å². The van der Waals surface area contributed by atoms with Crippen LogP contribution < -0.4 is 0 Å². The molecule has 2 rings (SSSR count). The monoisotopic (exact) mass is 271 g/mol. The molecule has 1 saturated carbocycles. The molecule has 0 bridgehead atoms. The number of halogens is 1. The first kappa shape index (κ1) is 12.7. The summed E-state index contributed by atoms with van der Waals surface area (Å²) in [5, 5.41) is 0.755. The van der Waals surface area contributed by atoms with Gasteiger partial charge in [0.15, 0.2) is 0 Å².